The first-order valence-electron chi connectivity index (χ1n) is 9.02. The van der Waals surface area contributed by atoms with Gasteiger partial charge < -0.3 is 19.7 Å². The van der Waals surface area contributed by atoms with E-state index in [2.05, 4.69) is 5.32 Å². The fourth-order valence-corrected chi connectivity index (χ4v) is 3.04. The molecule has 1 heterocycles. The van der Waals surface area contributed by atoms with Crippen LogP contribution in [0.2, 0.25) is 0 Å². The highest BCUT2D eigenvalue weighted by molar-refractivity contribution is 6.00. The lowest BCUT2D eigenvalue weighted by atomic mass is 10.1. The van der Waals surface area contributed by atoms with Crippen molar-refractivity contribution in [1.82, 2.24) is 0 Å². The van der Waals surface area contributed by atoms with Gasteiger partial charge in [-0.05, 0) is 18.2 Å². The van der Waals surface area contributed by atoms with Crippen LogP contribution in [0.3, 0.4) is 0 Å². The number of ether oxygens (including phenoxy) is 2. The number of nitro groups is 1. The van der Waals surface area contributed by atoms with Gasteiger partial charge in [-0.3, -0.25) is 24.5 Å². The third kappa shape index (κ3) is 4.90. The zero-order valence-corrected chi connectivity index (χ0v) is 16.1. The quantitative estimate of drug-likeness (QED) is 0.418. The maximum atomic E-state index is 12.3. The van der Waals surface area contributed by atoms with Gasteiger partial charge in [0.2, 0.25) is 5.91 Å². The zero-order valence-electron chi connectivity index (χ0n) is 16.1. The first-order valence-corrected chi connectivity index (χ1v) is 9.02. The van der Waals surface area contributed by atoms with Crippen LogP contribution in [0.1, 0.15) is 6.42 Å². The van der Waals surface area contributed by atoms with Crippen molar-refractivity contribution in [3.8, 4) is 5.75 Å². The van der Waals surface area contributed by atoms with Gasteiger partial charge in [0.25, 0.3) is 11.6 Å². The maximum Gasteiger partial charge on any atom is 0.311 e. The van der Waals surface area contributed by atoms with E-state index >= 15 is 0 Å². The van der Waals surface area contributed by atoms with Crippen LogP contribution in [0.25, 0.3) is 0 Å². The first kappa shape index (κ1) is 20.8. The van der Waals surface area contributed by atoms with Crippen molar-refractivity contribution >= 4 is 34.8 Å². The molecule has 0 spiro atoms. The van der Waals surface area contributed by atoms with Gasteiger partial charge in [-0.15, -0.1) is 0 Å². The molecule has 10 heteroatoms. The largest absolute Gasteiger partial charge is 0.497 e. The van der Waals surface area contributed by atoms with E-state index in [1.165, 1.54) is 36.3 Å². The van der Waals surface area contributed by atoms with Crippen molar-refractivity contribution in [3.63, 3.8) is 0 Å². The molecule has 0 radical (unpaired) electrons. The van der Waals surface area contributed by atoms with Gasteiger partial charge in [0.1, 0.15) is 5.75 Å². The number of anilines is 2. The number of nitrogens with one attached hydrogen (secondary N) is 1. The molecule has 0 aliphatic carbocycles. The van der Waals surface area contributed by atoms with Gasteiger partial charge in [-0.2, -0.15) is 0 Å². The molecule has 0 aromatic heterocycles. The van der Waals surface area contributed by atoms with E-state index in [1.54, 1.807) is 24.3 Å². The van der Waals surface area contributed by atoms with Crippen LogP contribution in [-0.4, -0.2) is 43.0 Å². The number of carbonyl (C=O) groups is 3. The molecule has 0 saturated carbocycles. The number of nitro benzene ring substituents is 1. The number of carbonyl (C=O) groups excluding carboxylic acids is 3. The van der Waals surface area contributed by atoms with Gasteiger partial charge in [-0.1, -0.05) is 12.1 Å². The summed E-state index contributed by atoms with van der Waals surface area (Å²) in [5, 5.41) is 13.2. The Morgan fingerprint density at radius 2 is 2.00 bits per heavy atom. The van der Waals surface area contributed by atoms with Crippen molar-refractivity contribution in [3.05, 3.63) is 58.6 Å². The summed E-state index contributed by atoms with van der Waals surface area (Å²) in [5.41, 5.74) is 0.649. The molecule has 1 N–H and O–H groups in total. The smallest absolute Gasteiger partial charge is 0.311 e. The Morgan fingerprint density at radius 3 is 2.73 bits per heavy atom. The minimum atomic E-state index is -0.700. The van der Waals surface area contributed by atoms with Gasteiger partial charge in [0.15, 0.2) is 6.61 Å². The third-order valence-corrected chi connectivity index (χ3v) is 4.51. The SMILES string of the molecule is COc1cccc(N2C[C@@H](C(=O)OCC(=O)Nc3cccc([N+](=O)[O-])c3)CC2=O)c1. The summed E-state index contributed by atoms with van der Waals surface area (Å²) >= 11 is 0. The fourth-order valence-electron chi connectivity index (χ4n) is 3.04. The molecule has 1 aliphatic rings. The number of methoxy groups -OCH3 is 1. The minimum absolute atomic E-state index is 0.0253. The van der Waals surface area contributed by atoms with Crippen LogP contribution in [0, 0.1) is 16.0 Å². The van der Waals surface area contributed by atoms with E-state index in [-0.39, 0.29) is 30.2 Å². The van der Waals surface area contributed by atoms with Crippen molar-refractivity contribution in [2.75, 3.05) is 30.5 Å². The normalized spacial score (nSPS) is 15.6. The van der Waals surface area contributed by atoms with Crippen molar-refractivity contribution in [2.45, 2.75) is 6.42 Å². The number of hydrogen-bond donors (Lipinski definition) is 1. The molecule has 3 rings (SSSR count). The summed E-state index contributed by atoms with van der Waals surface area (Å²) in [6, 6.07) is 12.3. The summed E-state index contributed by atoms with van der Waals surface area (Å²) < 4.78 is 10.2. The van der Waals surface area contributed by atoms with Gasteiger partial charge in [0, 0.05) is 42.5 Å². The van der Waals surface area contributed by atoms with Gasteiger partial charge in [-0.25, -0.2) is 0 Å². The maximum absolute atomic E-state index is 12.3. The second kappa shape index (κ2) is 9.03. The van der Waals surface area contributed by atoms with E-state index in [4.69, 9.17) is 9.47 Å². The molecule has 1 aliphatic heterocycles. The summed E-state index contributed by atoms with van der Waals surface area (Å²) in [7, 11) is 1.52. The highest BCUT2D eigenvalue weighted by atomic mass is 16.6. The Morgan fingerprint density at radius 1 is 1.23 bits per heavy atom. The Kier molecular flexibility index (Phi) is 6.26. The topological polar surface area (TPSA) is 128 Å². The molecule has 1 saturated heterocycles. The highest BCUT2D eigenvalue weighted by Gasteiger charge is 2.36. The highest BCUT2D eigenvalue weighted by Crippen LogP contribution is 2.28. The molecule has 2 amide bonds. The van der Waals surface area contributed by atoms with Crippen LogP contribution in [-0.2, 0) is 19.1 Å². The van der Waals surface area contributed by atoms with Gasteiger partial charge in [0.05, 0.1) is 18.0 Å². The van der Waals surface area contributed by atoms with E-state index < -0.39 is 29.3 Å². The lowest BCUT2D eigenvalue weighted by molar-refractivity contribution is -0.384. The molecule has 30 heavy (non-hydrogen) atoms. The predicted molar refractivity (Wildman–Crippen MR) is 106 cm³/mol. The van der Waals surface area contributed by atoms with Crippen molar-refractivity contribution < 1.29 is 28.8 Å². The number of non-ortho nitro benzene ring substituents is 1. The average Bonchev–Trinajstić information content (AvgIpc) is 3.14. The standard InChI is InChI=1S/C20H19N3O7/c1-29-17-7-3-5-15(10-17)22-11-13(8-19(22)25)20(26)30-12-18(24)21-14-4-2-6-16(9-14)23(27)28/h2-7,9-10,13H,8,11-12H2,1H3,(H,21,24)/t13-/m0/s1. The minimum Gasteiger partial charge on any atom is -0.497 e. The molecule has 10 nitrogen and oxygen atoms in total. The summed E-state index contributed by atoms with van der Waals surface area (Å²) in [4.78, 5) is 48.2. The number of esters is 1. The molecule has 2 aromatic rings. The number of benzene rings is 2. The Balaban J connectivity index is 1.53. The molecule has 2 aromatic carbocycles. The molecular weight excluding hydrogens is 394 g/mol. The van der Waals surface area contributed by atoms with Crippen LogP contribution in [0.5, 0.6) is 5.75 Å². The predicted octanol–water partition coefficient (Wildman–Crippen LogP) is 2.14. The Bertz CT molecular complexity index is 992. The average molecular weight is 413 g/mol. The lowest BCUT2D eigenvalue weighted by Gasteiger charge is -2.17. The molecule has 0 unspecified atom stereocenters. The number of nitrogens with zero attached hydrogens (tertiary/aromatic N) is 2. The number of hydrogen-bond acceptors (Lipinski definition) is 7. The Hall–Kier alpha value is -3.95. The van der Waals surface area contributed by atoms with E-state index in [9.17, 15) is 24.5 Å². The summed E-state index contributed by atoms with van der Waals surface area (Å²) in [6.45, 7) is -0.428. The Labute approximate surface area is 171 Å². The second-order valence-corrected chi connectivity index (χ2v) is 6.57. The molecule has 156 valence electrons. The first-order chi connectivity index (χ1) is 14.4. The van der Waals surface area contributed by atoms with Crippen LogP contribution < -0.4 is 15.0 Å². The van der Waals surface area contributed by atoms with E-state index in [0.717, 1.165) is 0 Å². The van der Waals surface area contributed by atoms with Crippen molar-refractivity contribution in [2.24, 2.45) is 5.92 Å². The summed E-state index contributed by atoms with van der Waals surface area (Å²) in [6.07, 6.45) is -0.0253. The monoisotopic (exact) mass is 413 g/mol. The number of amides is 2. The number of rotatable bonds is 7. The van der Waals surface area contributed by atoms with Crippen LogP contribution in [0.15, 0.2) is 48.5 Å². The molecule has 1 fully saturated rings. The zero-order chi connectivity index (χ0) is 21.7. The second-order valence-electron chi connectivity index (χ2n) is 6.57. The van der Waals surface area contributed by atoms with Gasteiger partial charge >= 0.3 is 5.97 Å². The van der Waals surface area contributed by atoms with Crippen LogP contribution in [0.4, 0.5) is 17.1 Å². The lowest BCUT2D eigenvalue weighted by Crippen LogP contribution is -2.28. The van der Waals surface area contributed by atoms with Crippen molar-refractivity contribution in [1.29, 1.82) is 0 Å². The fraction of sp³-hybridized carbons (Fsp3) is 0.250. The van der Waals surface area contributed by atoms with E-state index in [0.29, 0.717) is 11.4 Å². The summed E-state index contributed by atoms with van der Waals surface area (Å²) in [5.74, 6) is -1.65. The van der Waals surface area contributed by atoms with Crippen LogP contribution >= 0.6 is 0 Å². The van der Waals surface area contributed by atoms with E-state index in [1.807, 2.05) is 0 Å². The molecular formula is C20H19N3O7. The molecule has 0 bridgehead atoms. The third-order valence-electron chi connectivity index (χ3n) is 4.51. The molecule has 1 atom stereocenters.